The molecule has 0 spiro atoms. The molecular weight excluding hydrogens is 190 g/mol. The Kier molecular flexibility index (Phi) is 3.08. The lowest BCUT2D eigenvalue weighted by Crippen LogP contribution is -2.41. The van der Waals surface area contributed by atoms with Crippen molar-refractivity contribution in [3.63, 3.8) is 0 Å². The van der Waals surface area contributed by atoms with Gasteiger partial charge in [-0.25, -0.2) is 0 Å². The van der Waals surface area contributed by atoms with E-state index in [1.54, 1.807) is 0 Å². The van der Waals surface area contributed by atoms with Crippen molar-refractivity contribution in [2.45, 2.75) is 45.4 Å². The molecule has 0 aromatic rings. The molecule has 2 unspecified atom stereocenters. The molecule has 1 aliphatic carbocycles. The van der Waals surface area contributed by atoms with Crippen molar-refractivity contribution in [2.75, 3.05) is 0 Å². The average molecular weight is 209 g/mol. The van der Waals surface area contributed by atoms with Crippen LogP contribution in [-0.4, -0.2) is 11.8 Å². The summed E-state index contributed by atoms with van der Waals surface area (Å²) in [5.41, 5.74) is 0. The zero-order valence-corrected chi connectivity index (χ0v) is 9.29. The number of hydrogen-bond acceptors (Lipinski definition) is 2. The third kappa shape index (κ3) is 2.58. The molecule has 84 valence electrons. The second-order valence-corrected chi connectivity index (χ2v) is 5.17. The first kappa shape index (κ1) is 10.7. The summed E-state index contributed by atoms with van der Waals surface area (Å²) in [4.78, 5) is 22.6. The van der Waals surface area contributed by atoms with E-state index in [2.05, 4.69) is 12.2 Å². The van der Waals surface area contributed by atoms with Gasteiger partial charge in [0.2, 0.25) is 11.8 Å². The normalized spacial score (nSPS) is 33.9. The van der Waals surface area contributed by atoms with E-state index in [9.17, 15) is 9.59 Å². The molecule has 1 N–H and O–H groups in total. The Bertz CT molecular complexity index is 259. The zero-order chi connectivity index (χ0) is 10.8. The minimum Gasteiger partial charge on any atom is -0.296 e. The predicted octanol–water partition coefficient (Wildman–Crippen LogP) is 1.87. The van der Waals surface area contributed by atoms with Crippen LogP contribution in [0, 0.1) is 17.8 Å². The number of rotatable bonds is 1. The van der Waals surface area contributed by atoms with E-state index >= 15 is 0 Å². The third-order valence-electron chi connectivity index (χ3n) is 3.82. The van der Waals surface area contributed by atoms with E-state index in [0.717, 1.165) is 5.92 Å². The fraction of sp³-hybridized carbons (Fsp3) is 0.833. The highest BCUT2D eigenvalue weighted by atomic mass is 16.2. The van der Waals surface area contributed by atoms with Crippen molar-refractivity contribution in [3.05, 3.63) is 0 Å². The van der Waals surface area contributed by atoms with Crippen LogP contribution in [0.4, 0.5) is 0 Å². The van der Waals surface area contributed by atoms with E-state index in [1.165, 1.54) is 25.7 Å². The molecule has 2 fully saturated rings. The Morgan fingerprint density at radius 3 is 2.33 bits per heavy atom. The molecule has 2 amide bonds. The van der Waals surface area contributed by atoms with Crippen molar-refractivity contribution < 1.29 is 9.59 Å². The molecule has 0 radical (unpaired) electrons. The second-order valence-electron chi connectivity index (χ2n) is 5.17. The summed E-state index contributed by atoms with van der Waals surface area (Å²) >= 11 is 0. The summed E-state index contributed by atoms with van der Waals surface area (Å²) in [7, 11) is 0. The fourth-order valence-electron chi connectivity index (χ4n) is 3.05. The Morgan fingerprint density at radius 1 is 1.07 bits per heavy atom. The molecule has 0 bridgehead atoms. The van der Waals surface area contributed by atoms with Gasteiger partial charge in [-0.15, -0.1) is 0 Å². The summed E-state index contributed by atoms with van der Waals surface area (Å²) in [5, 5.41) is 2.38. The van der Waals surface area contributed by atoms with Crippen LogP contribution >= 0.6 is 0 Å². The standard InChI is InChI=1S/C12H19NO2/c1-8-3-2-4-9(5-8)10-6-11(14)13-12(15)7-10/h8-10H,2-7H2,1H3,(H,13,14,15). The van der Waals surface area contributed by atoms with E-state index in [-0.39, 0.29) is 11.8 Å². The predicted molar refractivity (Wildman–Crippen MR) is 57.0 cm³/mol. The van der Waals surface area contributed by atoms with Gasteiger partial charge in [0, 0.05) is 12.8 Å². The van der Waals surface area contributed by atoms with Crippen molar-refractivity contribution in [3.8, 4) is 0 Å². The summed E-state index contributed by atoms with van der Waals surface area (Å²) in [5.74, 6) is 1.53. The molecule has 2 aliphatic rings. The molecular formula is C12H19NO2. The van der Waals surface area contributed by atoms with Gasteiger partial charge in [0.1, 0.15) is 0 Å². The second kappa shape index (κ2) is 4.33. The molecule has 1 saturated heterocycles. The van der Waals surface area contributed by atoms with Gasteiger partial charge in [0.05, 0.1) is 0 Å². The van der Waals surface area contributed by atoms with E-state index < -0.39 is 0 Å². The third-order valence-corrected chi connectivity index (χ3v) is 3.82. The molecule has 1 saturated carbocycles. The molecule has 0 aromatic heterocycles. The van der Waals surface area contributed by atoms with Gasteiger partial charge in [0.15, 0.2) is 0 Å². The topological polar surface area (TPSA) is 46.2 Å². The van der Waals surface area contributed by atoms with Gasteiger partial charge >= 0.3 is 0 Å². The lowest BCUT2D eigenvalue weighted by molar-refractivity contribution is -0.136. The fourth-order valence-corrected chi connectivity index (χ4v) is 3.05. The first-order chi connectivity index (χ1) is 7.15. The highest BCUT2D eigenvalue weighted by molar-refractivity contribution is 5.97. The first-order valence-corrected chi connectivity index (χ1v) is 5.98. The number of piperidine rings is 1. The van der Waals surface area contributed by atoms with Crippen LogP contribution in [0.5, 0.6) is 0 Å². The summed E-state index contributed by atoms with van der Waals surface area (Å²) < 4.78 is 0. The number of amides is 2. The van der Waals surface area contributed by atoms with Crippen LogP contribution in [0.1, 0.15) is 45.4 Å². The van der Waals surface area contributed by atoms with E-state index in [4.69, 9.17) is 0 Å². The molecule has 3 heteroatoms. The average Bonchev–Trinajstić information content (AvgIpc) is 2.16. The smallest absolute Gasteiger partial charge is 0.226 e. The van der Waals surface area contributed by atoms with Crippen LogP contribution in [0.25, 0.3) is 0 Å². The lowest BCUT2D eigenvalue weighted by atomic mass is 9.72. The zero-order valence-electron chi connectivity index (χ0n) is 9.29. The number of carbonyl (C=O) groups excluding carboxylic acids is 2. The maximum Gasteiger partial charge on any atom is 0.226 e. The van der Waals surface area contributed by atoms with Crippen molar-refractivity contribution in [2.24, 2.45) is 17.8 Å². The molecule has 15 heavy (non-hydrogen) atoms. The van der Waals surface area contributed by atoms with Crippen LogP contribution in [0.3, 0.4) is 0 Å². The van der Waals surface area contributed by atoms with Crippen LogP contribution in [-0.2, 0) is 9.59 Å². The largest absolute Gasteiger partial charge is 0.296 e. The lowest BCUT2D eigenvalue weighted by Gasteiger charge is -2.34. The maximum absolute atomic E-state index is 11.3. The summed E-state index contributed by atoms with van der Waals surface area (Å²) in [6, 6.07) is 0. The minimum atomic E-state index is -0.0746. The van der Waals surface area contributed by atoms with E-state index in [1.807, 2.05) is 0 Å². The number of nitrogens with one attached hydrogen (secondary N) is 1. The highest BCUT2D eigenvalue weighted by Gasteiger charge is 2.33. The van der Waals surface area contributed by atoms with Crippen LogP contribution in [0.15, 0.2) is 0 Å². The van der Waals surface area contributed by atoms with Gasteiger partial charge in [-0.05, 0) is 24.2 Å². The number of imide groups is 1. The summed E-state index contributed by atoms with van der Waals surface area (Å²) in [6.07, 6.45) is 6.09. The Balaban J connectivity index is 1.96. The van der Waals surface area contributed by atoms with Crippen molar-refractivity contribution in [1.82, 2.24) is 5.32 Å². The van der Waals surface area contributed by atoms with Gasteiger partial charge in [-0.3, -0.25) is 14.9 Å². The van der Waals surface area contributed by atoms with Crippen LogP contribution in [0.2, 0.25) is 0 Å². The molecule has 1 heterocycles. The molecule has 3 nitrogen and oxygen atoms in total. The number of hydrogen-bond donors (Lipinski definition) is 1. The highest BCUT2D eigenvalue weighted by Crippen LogP contribution is 2.37. The maximum atomic E-state index is 11.3. The minimum absolute atomic E-state index is 0.0746. The van der Waals surface area contributed by atoms with Crippen molar-refractivity contribution in [1.29, 1.82) is 0 Å². The van der Waals surface area contributed by atoms with E-state index in [0.29, 0.717) is 24.7 Å². The molecule has 2 atom stereocenters. The van der Waals surface area contributed by atoms with Crippen molar-refractivity contribution >= 4 is 11.8 Å². The quantitative estimate of drug-likeness (QED) is 0.670. The van der Waals surface area contributed by atoms with Gasteiger partial charge in [-0.1, -0.05) is 26.2 Å². The first-order valence-electron chi connectivity index (χ1n) is 5.98. The summed E-state index contributed by atoms with van der Waals surface area (Å²) in [6.45, 7) is 2.27. The van der Waals surface area contributed by atoms with Gasteiger partial charge < -0.3 is 0 Å². The molecule has 0 aromatic carbocycles. The SMILES string of the molecule is CC1CCCC(C2CC(=O)NC(=O)C2)C1. The number of carbonyl (C=O) groups is 2. The molecule has 2 rings (SSSR count). The Labute approximate surface area is 90.6 Å². The Morgan fingerprint density at radius 2 is 1.73 bits per heavy atom. The Hall–Kier alpha value is -0.860. The van der Waals surface area contributed by atoms with Crippen LogP contribution < -0.4 is 5.32 Å². The van der Waals surface area contributed by atoms with Gasteiger partial charge in [0.25, 0.3) is 0 Å². The monoisotopic (exact) mass is 209 g/mol. The van der Waals surface area contributed by atoms with Gasteiger partial charge in [-0.2, -0.15) is 0 Å². The molecule has 1 aliphatic heterocycles.